The molecular weight excluding hydrogens is 266 g/mol. The van der Waals surface area contributed by atoms with Gasteiger partial charge < -0.3 is 19.4 Å². The molecule has 0 spiro atoms. The Morgan fingerprint density at radius 3 is 3.33 bits per heavy atom. The molecule has 4 rings (SSSR count). The molecule has 0 saturated heterocycles. The molecule has 0 unspecified atom stereocenters. The fraction of sp³-hybridized carbons (Fsp3) is 0.438. The Balaban J connectivity index is 1.34. The topological polar surface area (TPSA) is 48.3 Å². The first-order valence-corrected chi connectivity index (χ1v) is 7.48. The molecule has 2 aromatic rings. The highest BCUT2D eigenvalue weighted by Crippen LogP contribution is 2.35. The smallest absolute Gasteiger partial charge is 0.231 e. The van der Waals surface area contributed by atoms with Gasteiger partial charge in [-0.1, -0.05) is 12.1 Å². The second-order valence-corrected chi connectivity index (χ2v) is 5.68. The number of imidazole rings is 1. The number of para-hydroxylation sites is 1. The second kappa shape index (κ2) is 5.41. The summed E-state index contributed by atoms with van der Waals surface area (Å²) >= 11 is 0. The Bertz CT molecular complexity index is 638. The van der Waals surface area contributed by atoms with Gasteiger partial charge in [0, 0.05) is 37.5 Å². The maximum atomic E-state index is 5.53. The molecule has 5 heteroatoms. The monoisotopic (exact) mass is 285 g/mol. The van der Waals surface area contributed by atoms with Crippen LogP contribution in [-0.4, -0.2) is 22.9 Å². The highest BCUT2D eigenvalue weighted by Gasteiger charge is 2.20. The number of nitrogens with one attached hydrogen (secondary N) is 1. The lowest BCUT2D eigenvalue weighted by molar-refractivity contribution is 0.173. The quantitative estimate of drug-likeness (QED) is 0.933. The molecule has 21 heavy (non-hydrogen) atoms. The molecule has 1 atom stereocenters. The van der Waals surface area contributed by atoms with Crippen LogP contribution in [-0.2, 0) is 19.5 Å². The van der Waals surface area contributed by atoms with E-state index in [9.17, 15) is 0 Å². The zero-order valence-electron chi connectivity index (χ0n) is 11.9. The van der Waals surface area contributed by atoms with Gasteiger partial charge in [-0.05, 0) is 24.9 Å². The zero-order chi connectivity index (χ0) is 14.1. The van der Waals surface area contributed by atoms with Crippen molar-refractivity contribution in [3.63, 3.8) is 0 Å². The van der Waals surface area contributed by atoms with E-state index in [-0.39, 0.29) is 0 Å². The molecule has 0 aliphatic carbocycles. The minimum absolute atomic E-state index is 0.332. The predicted molar refractivity (Wildman–Crippen MR) is 78.3 cm³/mol. The molecule has 1 aromatic carbocycles. The zero-order valence-corrected chi connectivity index (χ0v) is 11.9. The Kier molecular flexibility index (Phi) is 3.27. The van der Waals surface area contributed by atoms with Crippen LogP contribution < -0.4 is 14.8 Å². The summed E-state index contributed by atoms with van der Waals surface area (Å²) in [7, 11) is 0. The van der Waals surface area contributed by atoms with Crippen molar-refractivity contribution in [2.45, 2.75) is 25.9 Å². The van der Waals surface area contributed by atoms with E-state index in [1.54, 1.807) is 0 Å². The van der Waals surface area contributed by atoms with Gasteiger partial charge in [0.15, 0.2) is 11.5 Å². The number of hydrogen-bond acceptors (Lipinski definition) is 4. The van der Waals surface area contributed by atoms with Gasteiger partial charge in [0.2, 0.25) is 6.79 Å². The number of hydrogen-bond donors (Lipinski definition) is 1. The largest absolute Gasteiger partial charge is 0.454 e. The minimum Gasteiger partial charge on any atom is -0.454 e. The molecule has 0 amide bonds. The van der Waals surface area contributed by atoms with Gasteiger partial charge in [0.1, 0.15) is 5.82 Å². The van der Waals surface area contributed by atoms with Crippen LogP contribution in [0.25, 0.3) is 0 Å². The molecule has 0 fully saturated rings. The fourth-order valence-electron chi connectivity index (χ4n) is 3.14. The first kappa shape index (κ1) is 12.7. The summed E-state index contributed by atoms with van der Waals surface area (Å²) in [6.45, 7) is 3.23. The van der Waals surface area contributed by atoms with E-state index in [2.05, 4.69) is 27.1 Å². The third kappa shape index (κ3) is 2.49. The maximum Gasteiger partial charge on any atom is 0.231 e. The molecule has 0 radical (unpaired) electrons. The summed E-state index contributed by atoms with van der Waals surface area (Å²) < 4.78 is 13.2. The summed E-state index contributed by atoms with van der Waals surface area (Å²) in [5.41, 5.74) is 1.17. The molecule has 2 aliphatic rings. The maximum absolute atomic E-state index is 5.53. The molecule has 3 heterocycles. The first-order valence-electron chi connectivity index (χ1n) is 7.48. The minimum atomic E-state index is 0.332. The average molecular weight is 285 g/mol. The summed E-state index contributed by atoms with van der Waals surface area (Å²) in [6, 6.07) is 6.06. The lowest BCUT2D eigenvalue weighted by Gasteiger charge is -2.24. The van der Waals surface area contributed by atoms with Crippen molar-refractivity contribution in [3.05, 3.63) is 42.0 Å². The number of nitrogens with zero attached hydrogens (tertiary/aromatic N) is 2. The standard InChI is InChI=1S/C16H19N3O2/c1-2-13(16-14(3-1)20-11-21-16)9-17-8-12-4-5-15-18-6-7-19(15)10-12/h1-3,6-7,12,17H,4-5,8-11H2/t12-/m0/s1. The SMILES string of the molecule is c1cc(CNC[C@@H]2CCc3nccn3C2)c2c(c1)OCO2. The van der Waals surface area contributed by atoms with Gasteiger partial charge in [-0.3, -0.25) is 0 Å². The van der Waals surface area contributed by atoms with Crippen molar-refractivity contribution in [1.82, 2.24) is 14.9 Å². The van der Waals surface area contributed by atoms with Gasteiger partial charge in [0.05, 0.1) is 0 Å². The van der Waals surface area contributed by atoms with Crippen LogP contribution >= 0.6 is 0 Å². The molecule has 0 bridgehead atoms. The van der Waals surface area contributed by atoms with E-state index in [0.29, 0.717) is 12.7 Å². The van der Waals surface area contributed by atoms with Gasteiger partial charge in [-0.15, -0.1) is 0 Å². The summed E-state index contributed by atoms with van der Waals surface area (Å²) in [6.07, 6.45) is 6.26. The first-order chi connectivity index (χ1) is 10.4. The van der Waals surface area contributed by atoms with E-state index in [0.717, 1.165) is 37.6 Å². The number of ether oxygens (including phenoxy) is 2. The number of benzene rings is 1. The summed E-state index contributed by atoms with van der Waals surface area (Å²) in [5.74, 6) is 3.64. The molecular formula is C16H19N3O2. The van der Waals surface area contributed by atoms with Gasteiger partial charge in [0.25, 0.3) is 0 Å². The van der Waals surface area contributed by atoms with Crippen LogP contribution in [0.2, 0.25) is 0 Å². The summed E-state index contributed by atoms with van der Waals surface area (Å²) in [4.78, 5) is 4.37. The van der Waals surface area contributed by atoms with E-state index in [1.807, 2.05) is 18.3 Å². The molecule has 1 aromatic heterocycles. The van der Waals surface area contributed by atoms with Gasteiger partial charge in [-0.25, -0.2) is 4.98 Å². The number of rotatable bonds is 4. The van der Waals surface area contributed by atoms with Gasteiger partial charge >= 0.3 is 0 Å². The van der Waals surface area contributed by atoms with Crippen molar-refractivity contribution >= 4 is 0 Å². The van der Waals surface area contributed by atoms with Crippen molar-refractivity contribution in [2.75, 3.05) is 13.3 Å². The number of fused-ring (bicyclic) bond motifs is 2. The number of aromatic nitrogens is 2. The lowest BCUT2D eigenvalue weighted by Crippen LogP contribution is -2.29. The number of aryl methyl sites for hydroxylation is 1. The van der Waals surface area contributed by atoms with E-state index in [1.165, 1.54) is 17.8 Å². The molecule has 5 nitrogen and oxygen atoms in total. The Labute approximate surface area is 123 Å². The lowest BCUT2D eigenvalue weighted by atomic mass is 9.99. The van der Waals surface area contributed by atoms with Crippen molar-refractivity contribution in [3.8, 4) is 11.5 Å². The van der Waals surface area contributed by atoms with Crippen LogP contribution in [0.1, 0.15) is 17.8 Å². The van der Waals surface area contributed by atoms with Gasteiger partial charge in [-0.2, -0.15) is 0 Å². The third-order valence-electron chi connectivity index (χ3n) is 4.26. The Hall–Kier alpha value is -2.01. The third-order valence-corrected chi connectivity index (χ3v) is 4.26. The highest BCUT2D eigenvalue weighted by molar-refractivity contribution is 5.48. The second-order valence-electron chi connectivity index (χ2n) is 5.68. The van der Waals surface area contributed by atoms with E-state index >= 15 is 0 Å². The van der Waals surface area contributed by atoms with Crippen LogP contribution in [0, 0.1) is 5.92 Å². The van der Waals surface area contributed by atoms with Crippen molar-refractivity contribution < 1.29 is 9.47 Å². The van der Waals surface area contributed by atoms with E-state index in [4.69, 9.17) is 9.47 Å². The summed E-state index contributed by atoms with van der Waals surface area (Å²) in [5, 5.41) is 3.55. The van der Waals surface area contributed by atoms with Crippen LogP contribution in [0.4, 0.5) is 0 Å². The van der Waals surface area contributed by atoms with E-state index < -0.39 is 0 Å². The highest BCUT2D eigenvalue weighted by atomic mass is 16.7. The van der Waals surface area contributed by atoms with Crippen molar-refractivity contribution in [2.24, 2.45) is 5.92 Å². The van der Waals surface area contributed by atoms with Crippen LogP contribution in [0.5, 0.6) is 11.5 Å². The van der Waals surface area contributed by atoms with Crippen LogP contribution in [0.15, 0.2) is 30.6 Å². The van der Waals surface area contributed by atoms with Crippen molar-refractivity contribution in [1.29, 1.82) is 0 Å². The predicted octanol–water partition coefficient (Wildman–Crippen LogP) is 1.96. The molecule has 110 valence electrons. The Morgan fingerprint density at radius 2 is 2.33 bits per heavy atom. The molecule has 0 saturated carbocycles. The Morgan fingerprint density at radius 1 is 1.33 bits per heavy atom. The molecule has 2 aliphatic heterocycles. The average Bonchev–Trinajstić information content (AvgIpc) is 3.15. The normalized spacial score (nSPS) is 19.5. The fourth-order valence-corrected chi connectivity index (χ4v) is 3.14. The molecule has 1 N–H and O–H groups in total. The van der Waals surface area contributed by atoms with Crippen LogP contribution in [0.3, 0.4) is 0 Å².